The SMILES string of the molecule is NCc1ccc(-c2ccc(F)cc2)cc1. The molecule has 0 heterocycles. The van der Waals surface area contributed by atoms with E-state index in [1.54, 1.807) is 12.1 Å². The van der Waals surface area contributed by atoms with Crippen LogP contribution in [-0.4, -0.2) is 0 Å². The van der Waals surface area contributed by atoms with E-state index >= 15 is 0 Å². The van der Waals surface area contributed by atoms with Gasteiger partial charge in [0, 0.05) is 6.54 Å². The Morgan fingerprint density at radius 1 is 0.800 bits per heavy atom. The molecule has 0 atom stereocenters. The van der Waals surface area contributed by atoms with Crippen molar-refractivity contribution < 1.29 is 4.39 Å². The molecule has 2 aromatic rings. The van der Waals surface area contributed by atoms with Crippen LogP contribution in [0.15, 0.2) is 48.5 Å². The van der Waals surface area contributed by atoms with Crippen molar-refractivity contribution in [3.05, 3.63) is 59.9 Å². The zero-order valence-electron chi connectivity index (χ0n) is 8.28. The van der Waals surface area contributed by atoms with Gasteiger partial charge in [0.15, 0.2) is 0 Å². The molecule has 2 N–H and O–H groups in total. The van der Waals surface area contributed by atoms with Gasteiger partial charge >= 0.3 is 0 Å². The van der Waals surface area contributed by atoms with Crippen LogP contribution in [-0.2, 0) is 6.54 Å². The highest BCUT2D eigenvalue weighted by atomic mass is 19.1. The average molecular weight is 201 g/mol. The second-order valence-electron chi connectivity index (χ2n) is 3.41. The summed E-state index contributed by atoms with van der Waals surface area (Å²) >= 11 is 0. The lowest BCUT2D eigenvalue weighted by Crippen LogP contribution is -1.95. The molecule has 76 valence electrons. The third-order valence-electron chi connectivity index (χ3n) is 2.37. The van der Waals surface area contributed by atoms with Gasteiger partial charge in [0.25, 0.3) is 0 Å². The third kappa shape index (κ3) is 2.22. The minimum Gasteiger partial charge on any atom is -0.326 e. The molecule has 0 unspecified atom stereocenters. The van der Waals surface area contributed by atoms with Crippen LogP contribution in [0.4, 0.5) is 4.39 Å². The van der Waals surface area contributed by atoms with E-state index in [9.17, 15) is 4.39 Å². The number of hydrogen-bond acceptors (Lipinski definition) is 1. The molecule has 0 saturated carbocycles. The van der Waals surface area contributed by atoms with Crippen LogP contribution in [0.5, 0.6) is 0 Å². The van der Waals surface area contributed by atoms with Crippen molar-refractivity contribution in [3.8, 4) is 11.1 Å². The highest BCUT2D eigenvalue weighted by Crippen LogP contribution is 2.19. The normalized spacial score (nSPS) is 10.3. The van der Waals surface area contributed by atoms with Crippen molar-refractivity contribution in [2.24, 2.45) is 5.73 Å². The monoisotopic (exact) mass is 201 g/mol. The molecule has 2 heteroatoms. The molecule has 0 aliphatic heterocycles. The zero-order valence-corrected chi connectivity index (χ0v) is 8.28. The van der Waals surface area contributed by atoms with Crippen LogP contribution < -0.4 is 5.73 Å². The first kappa shape index (κ1) is 9.87. The number of rotatable bonds is 2. The summed E-state index contributed by atoms with van der Waals surface area (Å²) < 4.78 is 12.7. The lowest BCUT2D eigenvalue weighted by atomic mass is 10.0. The molecule has 0 amide bonds. The first-order chi connectivity index (χ1) is 7.29. The van der Waals surface area contributed by atoms with E-state index < -0.39 is 0 Å². The molecule has 0 aliphatic rings. The molecular formula is C13H12FN. The van der Waals surface area contributed by atoms with Gasteiger partial charge in [-0.25, -0.2) is 4.39 Å². The first-order valence-electron chi connectivity index (χ1n) is 4.84. The fourth-order valence-electron chi connectivity index (χ4n) is 1.48. The summed E-state index contributed by atoms with van der Waals surface area (Å²) in [7, 11) is 0. The summed E-state index contributed by atoms with van der Waals surface area (Å²) in [6.07, 6.45) is 0. The summed E-state index contributed by atoms with van der Waals surface area (Å²) in [4.78, 5) is 0. The maximum Gasteiger partial charge on any atom is 0.123 e. The molecular weight excluding hydrogens is 189 g/mol. The maximum absolute atomic E-state index is 12.7. The zero-order chi connectivity index (χ0) is 10.7. The molecule has 0 spiro atoms. The maximum atomic E-state index is 12.7. The highest BCUT2D eigenvalue weighted by Gasteiger charge is 1.97. The number of benzene rings is 2. The summed E-state index contributed by atoms with van der Waals surface area (Å²) in [6.45, 7) is 0.545. The van der Waals surface area contributed by atoms with Gasteiger partial charge in [0.1, 0.15) is 5.82 Å². The van der Waals surface area contributed by atoms with Crippen LogP contribution in [0.3, 0.4) is 0 Å². The Kier molecular flexibility index (Phi) is 2.79. The molecule has 2 rings (SSSR count). The van der Waals surface area contributed by atoms with Gasteiger partial charge in [-0.3, -0.25) is 0 Å². The van der Waals surface area contributed by atoms with Crippen LogP contribution in [0.25, 0.3) is 11.1 Å². The predicted molar refractivity (Wildman–Crippen MR) is 59.7 cm³/mol. The van der Waals surface area contributed by atoms with E-state index in [4.69, 9.17) is 5.73 Å². The summed E-state index contributed by atoms with van der Waals surface area (Å²) in [6, 6.07) is 14.4. The first-order valence-corrected chi connectivity index (χ1v) is 4.84. The Morgan fingerprint density at radius 2 is 1.27 bits per heavy atom. The molecule has 0 saturated heterocycles. The molecule has 15 heavy (non-hydrogen) atoms. The quantitative estimate of drug-likeness (QED) is 0.794. The average Bonchev–Trinajstić information content (AvgIpc) is 2.30. The molecule has 0 radical (unpaired) electrons. The van der Waals surface area contributed by atoms with Crippen LogP contribution in [0.1, 0.15) is 5.56 Å². The second-order valence-corrected chi connectivity index (χ2v) is 3.41. The van der Waals surface area contributed by atoms with Crippen molar-refractivity contribution in [2.75, 3.05) is 0 Å². The van der Waals surface area contributed by atoms with Crippen molar-refractivity contribution in [2.45, 2.75) is 6.54 Å². The van der Waals surface area contributed by atoms with E-state index in [1.165, 1.54) is 12.1 Å². The molecule has 0 fully saturated rings. The lowest BCUT2D eigenvalue weighted by molar-refractivity contribution is 0.628. The smallest absolute Gasteiger partial charge is 0.123 e. The number of nitrogens with two attached hydrogens (primary N) is 1. The minimum atomic E-state index is -0.211. The second kappa shape index (κ2) is 4.24. The molecule has 0 aliphatic carbocycles. The minimum absolute atomic E-state index is 0.211. The van der Waals surface area contributed by atoms with E-state index in [0.717, 1.165) is 16.7 Å². The van der Waals surface area contributed by atoms with E-state index in [1.807, 2.05) is 24.3 Å². The largest absolute Gasteiger partial charge is 0.326 e. The van der Waals surface area contributed by atoms with Crippen LogP contribution in [0.2, 0.25) is 0 Å². The summed E-state index contributed by atoms with van der Waals surface area (Å²) in [5.41, 5.74) is 8.70. The van der Waals surface area contributed by atoms with Gasteiger partial charge in [-0.15, -0.1) is 0 Å². The third-order valence-corrected chi connectivity index (χ3v) is 2.37. The number of hydrogen-bond donors (Lipinski definition) is 1. The Bertz CT molecular complexity index is 431. The van der Waals surface area contributed by atoms with Crippen LogP contribution in [0, 0.1) is 5.82 Å². The van der Waals surface area contributed by atoms with Crippen molar-refractivity contribution >= 4 is 0 Å². The molecule has 0 bridgehead atoms. The standard InChI is InChI=1S/C13H12FN/c14-13-7-5-12(6-8-13)11-3-1-10(9-15)2-4-11/h1-8H,9,15H2. The predicted octanol–water partition coefficient (Wildman–Crippen LogP) is 2.95. The lowest BCUT2D eigenvalue weighted by Gasteiger charge is -2.02. The summed E-state index contributed by atoms with van der Waals surface area (Å²) in [5.74, 6) is -0.211. The van der Waals surface area contributed by atoms with Gasteiger partial charge in [0.2, 0.25) is 0 Å². The van der Waals surface area contributed by atoms with Gasteiger partial charge in [0.05, 0.1) is 0 Å². The van der Waals surface area contributed by atoms with Gasteiger partial charge in [-0.05, 0) is 28.8 Å². The molecule has 0 aromatic heterocycles. The number of halogens is 1. The van der Waals surface area contributed by atoms with E-state index in [0.29, 0.717) is 6.54 Å². The summed E-state index contributed by atoms with van der Waals surface area (Å²) in [5, 5.41) is 0. The Morgan fingerprint density at radius 3 is 1.73 bits per heavy atom. The van der Waals surface area contributed by atoms with Crippen LogP contribution >= 0.6 is 0 Å². The Balaban J connectivity index is 2.33. The Labute approximate surface area is 88.4 Å². The van der Waals surface area contributed by atoms with E-state index in [2.05, 4.69) is 0 Å². The fraction of sp³-hybridized carbons (Fsp3) is 0.0769. The van der Waals surface area contributed by atoms with Crippen molar-refractivity contribution in [1.82, 2.24) is 0 Å². The van der Waals surface area contributed by atoms with Gasteiger partial charge in [-0.1, -0.05) is 36.4 Å². The van der Waals surface area contributed by atoms with Gasteiger partial charge in [-0.2, -0.15) is 0 Å². The topological polar surface area (TPSA) is 26.0 Å². The van der Waals surface area contributed by atoms with Gasteiger partial charge < -0.3 is 5.73 Å². The Hall–Kier alpha value is -1.67. The molecule has 1 nitrogen and oxygen atoms in total. The fourth-order valence-corrected chi connectivity index (χ4v) is 1.48. The van der Waals surface area contributed by atoms with E-state index in [-0.39, 0.29) is 5.82 Å². The highest BCUT2D eigenvalue weighted by molar-refractivity contribution is 5.63. The van der Waals surface area contributed by atoms with Crippen molar-refractivity contribution in [1.29, 1.82) is 0 Å². The molecule has 2 aromatic carbocycles. The van der Waals surface area contributed by atoms with Crippen molar-refractivity contribution in [3.63, 3.8) is 0 Å².